The van der Waals surface area contributed by atoms with Gasteiger partial charge in [-0.2, -0.15) is 0 Å². The first kappa shape index (κ1) is 11.3. The standard InChI is InChI=1S/C14H11FO2/c1-10-7-11(9-16)5-6-14(10)17-13-4-2-3-12(15)8-13/h2-9H,1H3. The second-order valence-corrected chi connectivity index (χ2v) is 3.70. The summed E-state index contributed by atoms with van der Waals surface area (Å²) in [6.07, 6.45) is 0.777. The van der Waals surface area contributed by atoms with Crippen molar-refractivity contribution in [1.82, 2.24) is 0 Å². The molecule has 0 saturated carbocycles. The highest BCUT2D eigenvalue weighted by Crippen LogP contribution is 2.25. The third-order valence-electron chi connectivity index (χ3n) is 2.36. The van der Waals surface area contributed by atoms with Crippen LogP contribution in [-0.2, 0) is 0 Å². The van der Waals surface area contributed by atoms with E-state index in [1.165, 1.54) is 12.1 Å². The lowest BCUT2D eigenvalue weighted by Crippen LogP contribution is -1.90. The van der Waals surface area contributed by atoms with E-state index < -0.39 is 0 Å². The lowest BCUT2D eigenvalue weighted by atomic mass is 10.1. The Labute approximate surface area is 98.7 Å². The molecule has 0 N–H and O–H groups in total. The predicted molar refractivity (Wildman–Crippen MR) is 63.0 cm³/mol. The summed E-state index contributed by atoms with van der Waals surface area (Å²) < 4.78 is 18.5. The Morgan fingerprint density at radius 1 is 1.18 bits per heavy atom. The molecule has 0 saturated heterocycles. The number of carbonyl (C=O) groups is 1. The summed E-state index contributed by atoms with van der Waals surface area (Å²) >= 11 is 0. The fourth-order valence-electron chi connectivity index (χ4n) is 1.52. The molecule has 3 heteroatoms. The summed E-state index contributed by atoms with van der Waals surface area (Å²) in [4.78, 5) is 10.6. The van der Waals surface area contributed by atoms with Crippen LogP contribution in [0.4, 0.5) is 4.39 Å². The Morgan fingerprint density at radius 3 is 2.65 bits per heavy atom. The monoisotopic (exact) mass is 230 g/mol. The van der Waals surface area contributed by atoms with Crippen LogP contribution in [0.2, 0.25) is 0 Å². The summed E-state index contributed by atoms with van der Waals surface area (Å²) in [5.74, 6) is 0.706. The molecule has 0 amide bonds. The maximum atomic E-state index is 13.0. The van der Waals surface area contributed by atoms with Crippen LogP contribution in [0.5, 0.6) is 11.5 Å². The Morgan fingerprint density at radius 2 is 2.00 bits per heavy atom. The van der Waals surface area contributed by atoms with Gasteiger partial charge in [-0.15, -0.1) is 0 Å². The van der Waals surface area contributed by atoms with Crippen LogP contribution in [-0.4, -0.2) is 6.29 Å². The van der Waals surface area contributed by atoms with Crippen molar-refractivity contribution in [2.24, 2.45) is 0 Å². The van der Waals surface area contributed by atoms with Gasteiger partial charge in [-0.1, -0.05) is 6.07 Å². The number of aldehydes is 1. The van der Waals surface area contributed by atoms with Gasteiger partial charge in [-0.05, 0) is 42.8 Å². The summed E-state index contributed by atoms with van der Waals surface area (Å²) in [6.45, 7) is 1.83. The zero-order chi connectivity index (χ0) is 12.3. The van der Waals surface area contributed by atoms with Gasteiger partial charge in [-0.25, -0.2) is 4.39 Å². The van der Waals surface area contributed by atoms with Crippen molar-refractivity contribution in [1.29, 1.82) is 0 Å². The molecule has 0 spiro atoms. The largest absolute Gasteiger partial charge is 0.457 e. The normalized spacial score (nSPS) is 10.0. The molecule has 86 valence electrons. The highest BCUT2D eigenvalue weighted by Gasteiger charge is 2.03. The first-order chi connectivity index (χ1) is 8.19. The van der Waals surface area contributed by atoms with Gasteiger partial charge < -0.3 is 4.74 Å². The van der Waals surface area contributed by atoms with E-state index >= 15 is 0 Å². The number of hydrogen-bond donors (Lipinski definition) is 0. The van der Waals surface area contributed by atoms with Gasteiger partial charge in [0.25, 0.3) is 0 Å². The van der Waals surface area contributed by atoms with Gasteiger partial charge in [0.2, 0.25) is 0 Å². The Bertz CT molecular complexity index is 550. The smallest absolute Gasteiger partial charge is 0.150 e. The van der Waals surface area contributed by atoms with E-state index in [0.717, 1.165) is 11.8 Å². The average molecular weight is 230 g/mol. The van der Waals surface area contributed by atoms with Crippen molar-refractivity contribution in [3.8, 4) is 11.5 Å². The van der Waals surface area contributed by atoms with Crippen molar-refractivity contribution in [2.75, 3.05) is 0 Å². The minimum absolute atomic E-state index is 0.343. The second-order valence-electron chi connectivity index (χ2n) is 3.70. The summed E-state index contributed by atoms with van der Waals surface area (Å²) in [5.41, 5.74) is 1.42. The van der Waals surface area contributed by atoms with Crippen molar-refractivity contribution in [3.05, 3.63) is 59.4 Å². The molecule has 0 bridgehead atoms. The number of carbonyl (C=O) groups excluding carboxylic acids is 1. The Balaban J connectivity index is 2.27. The van der Waals surface area contributed by atoms with Gasteiger partial charge in [-0.3, -0.25) is 4.79 Å². The first-order valence-electron chi connectivity index (χ1n) is 5.18. The highest BCUT2D eigenvalue weighted by atomic mass is 19.1. The fourth-order valence-corrected chi connectivity index (χ4v) is 1.52. The molecule has 0 radical (unpaired) electrons. The van der Waals surface area contributed by atoms with E-state index in [4.69, 9.17) is 4.74 Å². The van der Waals surface area contributed by atoms with Crippen LogP contribution in [0, 0.1) is 12.7 Å². The molecular formula is C14H11FO2. The van der Waals surface area contributed by atoms with Crippen LogP contribution in [0.1, 0.15) is 15.9 Å². The first-order valence-corrected chi connectivity index (χ1v) is 5.18. The van der Waals surface area contributed by atoms with Crippen molar-refractivity contribution in [2.45, 2.75) is 6.92 Å². The second kappa shape index (κ2) is 4.78. The van der Waals surface area contributed by atoms with Crippen molar-refractivity contribution >= 4 is 6.29 Å². The summed E-state index contributed by atoms with van der Waals surface area (Å²) in [6, 6.07) is 11.0. The molecule has 0 aliphatic rings. The van der Waals surface area contributed by atoms with E-state index in [1.54, 1.807) is 30.3 Å². The van der Waals surface area contributed by atoms with Crippen molar-refractivity contribution in [3.63, 3.8) is 0 Å². The molecule has 0 atom stereocenters. The SMILES string of the molecule is Cc1cc(C=O)ccc1Oc1cccc(F)c1. The molecule has 2 rings (SSSR count). The van der Waals surface area contributed by atoms with Gasteiger partial charge in [0.05, 0.1) is 0 Å². The van der Waals surface area contributed by atoms with E-state index in [1.807, 2.05) is 6.92 Å². The summed E-state index contributed by atoms with van der Waals surface area (Å²) in [7, 11) is 0. The van der Waals surface area contributed by atoms with E-state index in [0.29, 0.717) is 17.1 Å². The van der Waals surface area contributed by atoms with Crippen LogP contribution < -0.4 is 4.74 Å². The van der Waals surface area contributed by atoms with Crippen LogP contribution in [0.3, 0.4) is 0 Å². The van der Waals surface area contributed by atoms with Gasteiger partial charge in [0.1, 0.15) is 23.6 Å². The Kier molecular flexibility index (Phi) is 3.19. The van der Waals surface area contributed by atoms with Crippen molar-refractivity contribution < 1.29 is 13.9 Å². The van der Waals surface area contributed by atoms with Gasteiger partial charge in [0, 0.05) is 11.6 Å². The van der Waals surface area contributed by atoms with Crippen LogP contribution in [0.15, 0.2) is 42.5 Å². The quantitative estimate of drug-likeness (QED) is 0.751. The molecule has 0 aromatic heterocycles. The van der Waals surface area contributed by atoms with Gasteiger partial charge in [0.15, 0.2) is 0 Å². The highest BCUT2D eigenvalue weighted by molar-refractivity contribution is 5.75. The maximum absolute atomic E-state index is 13.0. The molecule has 0 aliphatic carbocycles. The van der Waals surface area contributed by atoms with Crippen LogP contribution in [0.25, 0.3) is 0 Å². The lowest BCUT2D eigenvalue weighted by Gasteiger charge is -2.08. The van der Waals surface area contributed by atoms with E-state index in [9.17, 15) is 9.18 Å². The fraction of sp³-hybridized carbons (Fsp3) is 0.0714. The summed E-state index contributed by atoms with van der Waals surface area (Å²) in [5, 5.41) is 0. The minimum Gasteiger partial charge on any atom is -0.457 e. The molecule has 2 aromatic rings. The molecule has 2 nitrogen and oxygen atoms in total. The number of halogens is 1. The van der Waals surface area contributed by atoms with Crippen LogP contribution >= 0.6 is 0 Å². The molecule has 0 aliphatic heterocycles. The number of benzene rings is 2. The maximum Gasteiger partial charge on any atom is 0.150 e. The minimum atomic E-state index is -0.343. The molecule has 17 heavy (non-hydrogen) atoms. The lowest BCUT2D eigenvalue weighted by molar-refractivity contribution is 0.112. The zero-order valence-electron chi connectivity index (χ0n) is 9.31. The molecule has 2 aromatic carbocycles. The number of rotatable bonds is 3. The third kappa shape index (κ3) is 2.69. The van der Waals surface area contributed by atoms with E-state index in [-0.39, 0.29) is 5.82 Å². The molecule has 0 heterocycles. The predicted octanol–water partition coefficient (Wildman–Crippen LogP) is 3.74. The third-order valence-corrected chi connectivity index (χ3v) is 2.36. The number of aryl methyl sites for hydroxylation is 1. The molecule has 0 unspecified atom stereocenters. The molecular weight excluding hydrogens is 219 g/mol. The zero-order valence-corrected chi connectivity index (χ0v) is 9.31. The topological polar surface area (TPSA) is 26.3 Å². The van der Waals surface area contributed by atoms with E-state index in [2.05, 4.69) is 0 Å². The number of hydrogen-bond acceptors (Lipinski definition) is 2. The molecule has 0 fully saturated rings. The van der Waals surface area contributed by atoms with Gasteiger partial charge >= 0.3 is 0 Å². The number of ether oxygens (including phenoxy) is 1. The Hall–Kier alpha value is -2.16. The average Bonchev–Trinajstić information content (AvgIpc) is 2.32.